The van der Waals surface area contributed by atoms with Crippen molar-refractivity contribution in [2.45, 2.75) is 32.9 Å². The lowest BCUT2D eigenvalue weighted by atomic mass is 10.1. The number of nitrogens with one attached hydrogen (secondary N) is 1. The number of aromatic nitrogens is 2. The highest BCUT2D eigenvalue weighted by Crippen LogP contribution is 2.21. The molecule has 0 amide bonds. The third-order valence-electron chi connectivity index (χ3n) is 3.15. The van der Waals surface area contributed by atoms with Gasteiger partial charge in [-0.05, 0) is 38.5 Å². The summed E-state index contributed by atoms with van der Waals surface area (Å²) >= 11 is 3.42. The SMILES string of the molecule is CC(C)n1c([O-])nc(N[C@@H](C)c2cccc(Br)c2)cc1=O. The van der Waals surface area contributed by atoms with Gasteiger partial charge in [0, 0.05) is 22.6 Å². The van der Waals surface area contributed by atoms with E-state index in [-0.39, 0.29) is 17.6 Å². The van der Waals surface area contributed by atoms with Crippen LogP contribution < -0.4 is 16.0 Å². The Morgan fingerprint density at radius 1 is 1.29 bits per heavy atom. The molecule has 2 aromatic rings. The third kappa shape index (κ3) is 3.64. The average molecular weight is 351 g/mol. The molecule has 1 atom stereocenters. The van der Waals surface area contributed by atoms with Crippen molar-refractivity contribution >= 4 is 21.7 Å². The molecule has 21 heavy (non-hydrogen) atoms. The third-order valence-corrected chi connectivity index (χ3v) is 3.64. The molecule has 1 aromatic carbocycles. The summed E-state index contributed by atoms with van der Waals surface area (Å²) in [5.74, 6) is 0.300. The topological polar surface area (TPSA) is 70.0 Å². The van der Waals surface area contributed by atoms with Crippen molar-refractivity contribution in [2.75, 3.05) is 5.32 Å². The van der Waals surface area contributed by atoms with E-state index in [9.17, 15) is 9.90 Å². The Morgan fingerprint density at radius 2 is 2.00 bits per heavy atom. The standard InChI is InChI=1S/C15H18BrN3O2/c1-9(2)19-14(20)8-13(18-15(19)21)17-10(3)11-5-4-6-12(16)7-11/h4-10,17H,1-3H3,(H,18,21)/p-1/t10-/m0/s1. The minimum absolute atomic E-state index is 0.0660. The molecule has 2 rings (SSSR count). The van der Waals surface area contributed by atoms with E-state index in [1.54, 1.807) is 13.8 Å². The van der Waals surface area contributed by atoms with Crippen molar-refractivity contribution in [3.8, 4) is 6.01 Å². The summed E-state index contributed by atoms with van der Waals surface area (Å²) in [6.45, 7) is 5.51. The Balaban J connectivity index is 2.26. The predicted molar refractivity (Wildman–Crippen MR) is 84.5 cm³/mol. The second-order valence-electron chi connectivity index (χ2n) is 5.15. The van der Waals surface area contributed by atoms with Gasteiger partial charge in [-0.3, -0.25) is 4.79 Å². The summed E-state index contributed by atoms with van der Waals surface area (Å²) in [5.41, 5.74) is 0.695. The van der Waals surface area contributed by atoms with E-state index in [2.05, 4.69) is 26.2 Å². The zero-order valence-corrected chi connectivity index (χ0v) is 13.7. The number of anilines is 1. The van der Waals surface area contributed by atoms with Gasteiger partial charge in [-0.2, -0.15) is 0 Å². The van der Waals surface area contributed by atoms with E-state index in [4.69, 9.17) is 0 Å². The van der Waals surface area contributed by atoms with E-state index in [0.29, 0.717) is 5.82 Å². The fourth-order valence-corrected chi connectivity index (χ4v) is 2.52. The van der Waals surface area contributed by atoms with Crippen LogP contribution in [0.4, 0.5) is 5.82 Å². The summed E-state index contributed by atoms with van der Waals surface area (Å²) in [6.07, 6.45) is 0. The lowest BCUT2D eigenvalue weighted by Gasteiger charge is -2.21. The molecule has 0 radical (unpaired) electrons. The van der Waals surface area contributed by atoms with Crippen LogP contribution in [-0.4, -0.2) is 9.55 Å². The summed E-state index contributed by atoms with van der Waals surface area (Å²) in [4.78, 5) is 15.9. The first kappa shape index (κ1) is 15.6. The number of benzene rings is 1. The Bertz CT molecular complexity index is 698. The van der Waals surface area contributed by atoms with E-state index in [1.807, 2.05) is 31.2 Å². The maximum absolute atomic E-state index is 11.9. The van der Waals surface area contributed by atoms with Crippen LogP contribution in [0.3, 0.4) is 0 Å². The summed E-state index contributed by atoms with van der Waals surface area (Å²) < 4.78 is 2.11. The summed E-state index contributed by atoms with van der Waals surface area (Å²) in [5, 5.41) is 15.0. The van der Waals surface area contributed by atoms with Crippen LogP contribution in [0.2, 0.25) is 0 Å². The summed E-state index contributed by atoms with van der Waals surface area (Å²) in [6, 6.07) is 8.38. The molecule has 0 bridgehead atoms. The van der Waals surface area contributed by atoms with E-state index < -0.39 is 6.01 Å². The molecule has 5 nitrogen and oxygen atoms in total. The molecule has 0 fully saturated rings. The van der Waals surface area contributed by atoms with Crippen molar-refractivity contribution in [3.05, 3.63) is 50.7 Å². The monoisotopic (exact) mass is 350 g/mol. The smallest absolute Gasteiger partial charge is 0.255 e. The first-order valence-corrected chi connectivity index (χ1v) is 7.50. The quantitative estimate of drug-likeness (QED) is 0.920. The largest absolute Gasteiger partial charge is 0.846 e. The zero-order chi connectivity index (χ0) is 15.6. The number of hydrogen-bond acceptors (Lipinski definition) is 4. The minimum Gasteiger partial charge on any atom is -0.846 e. The van der Waals surface area contributed by atoms with Crippen LogP contribution in [0.25, 0.3) is 0 Å². The second kappa shape index (κ2) is 6.30. The molecule has 1 N–H and O–H groups in total. The van der Waals surface area contributed by atoms with Gasteiger partial charge in [0.15, 0.2) is 0 Å². The zero-order valence-electron chi connectivity index (χ0n) is 12.1. The molecule has 0 spiro atoms. The van der Waals surface area contributed by atoms with Gasteiger partial charge in [0.05, 0.1) is 6.01 Å². The molecule has 0 aliphatic carbocycles. The Hall–Kier alpha value is -1.82. The predicted octanol–water partition coefficient (Wildman–Crippen LogP) is 2.83. The number of nitrogens with zero attached hydrogens (tertiary/aromatic N) is 2. The van der Waals surface area contributed by atoms with Gasteiger partial charge in [-0.15, -0.1) is 0 Å². The highest BCUT2D eigenvalue weighted by molar-refractivity contribution is 9.10. The van der Waals surface area contributed by atoms with Crippen molar-refractivity contribution in [1.82, 2.24) is 9.55 Å². The van der Waals surface area contributed by atoms with Gasteiger partial charge in [0.2, 0.25) is 0 Å². The van der Waals surface area contributed by atoms with Gasteiger partial charge in [0.25, 0.3) is 5.56 Å². The fourth-order valence-electron chi connectivity index (χ4n) is 2.10. The lowest BCUT2D eigenvalue weighted by molar-refractivity contribution is -0.287. The molecule has 1 aromatic heterocycles. The van der Waals surface area contributed by atoms with Gasteiger partial charge in [-0.1, -0.05) is 28.1 Å². The Morgan fingerprint density at radius 3 is 2.57 bits per heavy atom. The van der Waals surface area contributed by atoms with Crippen molar-refractivity contribution < 1.29 is 5.11 Å². The molecule has 0 aliphatic heterocycles. The highest BCUT2D eigenvalue weighted by atomic mass is 79.9. The van der Waals surface area contributed by atoms with Crippen LogP contribution in [0.1, 0.15) is 38.4 Å². The number of halogens is 1. The first-order chi connectivity index (χ1) is 9.88. The molecule has 0 saturated carbocycles. The van der Waals surface area contributed by atoms with Crippen molar-refractivity contribution in [1.29, 1.82) is 0 Å². The van der Waals surface area contributed by atoms with Crippen LogP contribution in [0, 0.1) is 0 Å². The van der Waals surface area contributed by atoms with Crippen molar-refractivity contribution in [3.63, 3.8) is 0 Å². The first-order valence-electron chi connectivity index (χ1n) is 6.71. The molecule has 0 unspecified atom stereocenters. The number of hydrogen-bond donors (Lipinski definition) is 1. The highest BCUT2D eigenvalue weighted by Gasteiger charge is 2.09. The maximum atomic E-state index is 11.9. The van der Waals surface area contributed by atoms with Gasteiger partial charge < -0.3 is 15.0 Å². The minimum atomic E-state index is -0.526. The van der Waals surface area contributed by atoms with Crippen LogP contribution >= 0.6 is 15.9 Å². The Kier molecular flexibility index (Phi) is 4.67. The van der Waals surface area contributed by atoms with Gasteiger partial charge in [0.1, 0.15) is 5.82 Å². The van der Waals surface area contributed by atoms with E-state index >= 15 is 0 Å². The molecule has 0 saturated heterocycles. The normalized spacial score (nSPS) is 12.4. The second-order valence-corrected chi connectivity index (χ2v) is 6.06. The van der Waals surface area contributed by atoms with Crippen molar-refractivity contribution in [2.24, 2.45) is 0 Å². The van der Waals surface area contributed by atoms with E-state index in [0.717, 1.165) is 14.6 Å². The molecule has 1 heterocycles. The summed E-state index contributed by atoms with van der Waals surface area (Å²) in [7, 11) is 0. The van der Waals surface area contributed by atoms with E-state index in [1.165, 1.54) is 6.07 Å². The molecular formula is C15H17BrN3O2-. The molecule has 0 aliphatic rings. The Labute approximate surface area is 131 Å². The molecule has 6 heteroatoms. The molecule has 112 valence electrons. The maximum Gasteiger partial charge on any atom is 0.255 e. The fraction of sp³-hybridized carbons (Fsp3) is 0.333. The van der Waals surface area contributed by atoms with Gasteiger partial charge in [-0.25, -0.2) is 4.98 Å². The van der Waals surface area contributed by atoms with Crippen LogP contribution in [0.5, 0.6) is 6.01 Å². The average Bonchev–Trinajstić information content (AvgIpc) is 2.37. The number of rotatable bonds is 4. The lowest BCUT2D eigenvalue weighted by Crippen LogP contribution is -2.26. The van der Waals surface area contributed by atoms with Gasteiger partial charge >= 0.3 is 0 Å². The van der Waals surface area contributed by atoms with Crippen LogP contribution in [-0.2, 0) is 0 Å². The molecular weight excluding hydrogens is 334 g/mol. The van der Waals surface area contributed by atoms with Crippen LogP contribution in [0.15, 0.2) is 39.6 Å².